The first-order valence-corrected chi connectivity index (χ1v) is 14.4. The van der Waals surface area contributed by atoms with Gasteiger partial charge < -0.3 is 18.8 Å². The summed E-state index contributed by atoms with van der Waals surface area (Å²) < 4.78 is 19.0. The maximum absolute atomic E-state index is 10.7. The summed E-state index contributed by atoms with van der Waals surface area (Å²) in [5, 5.41) is 33.6. The van der Waals surface area contributed by atoms with Crippen LogP contribution < -0.4 is 9.64 Å². The SMILES string of the molecule is N#Cc1c(C#N)c(N2c3ccc(-c4ccccc4)cc3Oc3cc4oc5ccccc5c4cc32)c(C#N)c2c1C1CCC2O1. The third-order valence-corrected chi connectivity index (χ3v) is 9.00. The smallest absolute Gasteiger partial charge is 0.155 e. The van der Waals surface area contributed by atoms with E-state index >= 15 is 0 Å². The Morgan fingerprint density at radius 3 is 2.09 bits per heavy atom. The first kappa shape index (κ1) is 24.5. The molecular weight excluding hydrogens is 548 g/mol. The van der Waals surface area contributed by atoms with Crippen LogP contribution in [0.3, 0.4) is 0 Å². The summed E-state index contributed by atoms with van der Waals surface area (Å²) in [5.41, 5.74) is 7.24. The van der Waals surface area contributed by atoms with Gasteiger partial charge in [0.25, 0.3) is 0 Å². The minimum Gasteiger partial charge on any atom is -0.456 e. The average Bonchev–Trinajstić information content (AvgIpc) is 3.79. The first-order valence-electron chi connectivity index (χ1n) is 14.4. The summed E-state index contributed by atoms with van der Waals surface area (Å²) in [7, 11) is 0. The second kappa shape index (κ2) is 8.96. The lowest BCUT2D eigenvalue weighted by Crippen LogP contribution is -2.21. The summed E-state index contributed by atoms with van der Waals surface area (Å²) in [6, 6.07) is 34.6. The van der Waals surface area contributed by atoms with Crippen LogP contribution in [0.4, 0.5) is 17.1 Å². The van der Waals surface area contributed by atoms with Crippen LogP contribution in [0, 0.1) is 34.0 Å². The molecule has 1 fully saturated rings. The number of nitrogens with zero attached hydrogens (tertiary/aromatic N) is 4. The molecule has 0 aliphatic carbocycles. The predicted molar refractivity (Wildman–Crippen MR) is 164 cm³/mol. The van der Waals surface area contributed by atoms with Crippen LogP contribution in [0.25, 0.3) is 33.1 Å². The molecular formula is C37H20N4O3. The number of fused-ring (bicyclic) bond motifs is 10. The van der Waals surface area contributed by atoms with E-state index in [9.17, 15) is 15.8 Å². The molecule has 0 N–H and O–H groups in total. The summed E-state index contributed by atoms with van der Waals surface area (Å²) in [5.74, 6) is 1.07. The topological polar surface area (TPSA) is 106 Å². The summed E-state index contributed by atoms with van der Waals surface area (Å²) in [6.07, 6.45) is 0.954. The van der Waals surface area contributed by atoms with Gasteiger partial charge in [0.15, 0.2) is 11.5 Å². The number of benzene rings is 5. The number of anilines is 3. The average molecular weight is 569 g/mol. The van der Waals surface area contributed by atoms with E-state index in [-0.39, 0.29) is 23.3 Å². The lowest BCUT2D eigenvalue weighted by molar-refractivity contribution is 0.0715. The third kappa shape index (κ3) is 3.21. The molecule has 0 radical (unpaired) electrons. The second-order valence-electron chi connectivity index (χ2n) is 11.2. The molecule has 0 saturated carbocycles. The Morgan fingerprint density at radius 1 is 0.614 bits per heavy atom. The molecule has 44 heavy (non-hydrogen) atoms. The zero-order valence-electron chi connectivity index (χ0n) is 23.2. The van der Waals surface area contributed by atoms with Gasteiger partial charge in [-0.3, -0.25) is 0 Å². The largest absolute Gasteiger partial charge is 0.456 e. The van der Waals surface area contributed by atoms with E-state index in [0.717, 1.165) is 45.9 Å². The van der Waals surface area contributed by atoms with Gasteiger partial charge in [0.2, 0.25) is 0 Å². The summed E-state index contributed by atoms with van der Waals surface area (Å²) in [6.45, 7) is 0. The lowest BCUT2D eigenvalue weighted by Gasteiger charge is -2.35. The zero-order chi connectivity index (χ0) is 29.5. The van der Waals surface area contributed by atoms with Crippen molar-refractivity contribution in [1.82, 2.24) is 0 Å². The van der Waals surface area contributed by atoms with Gasteiger partial charge in [-0.15, -0.1) is 0 Å². The Bertz CT molecular complexity index is 2350. The Balaban J connectivity index is 1.38. The van der Waals surface area contributed by atoms with Crippen molar-refractivity contribution in [3.63, 3.8) is 0 Å². The van der Waals surface area contributed by atoms with Crippen LogP contribution in [-0.4, -0.2) is 0 Å². The number of rotatable bonds is 2. The molecule has 2 unspecified atom stereocenters. The minimum atomic E-state index is -0.288. The highest BCUT2D eigenvalue weighted by Crippen LogP contribution is 2.59. The molecule has 0 amide bonds. The van der Waals surface area contributed by atoms with Crippen molar-refractivity contribution in [2.45, 2.75) is 25.0 Å². The molecule has 6 aromatic rings. The molecule has 9 rings (SSSR count). The molecule has 1 aromatic heterocycles. The Kier molecular flexibility index (Phi) is 5.00. The van der Waals surface area contributed by atoms with E-state index in [0.29, 0.717) is 45.3 Å². The van der Waals surface area contributed by atoms with E-state index in [1.54, 1.807) is 0 Å². The minimum absolute atomic E-state index is 0.155. The number of ether oxygens (including phenoxy) is 2. The molecule has 2 bridgehead atoms. The Hall–Kier alpha value is -6.07. The predicted octanol–water partition coefficient (Wildman–Crippen LogP) is 9.35. The van der Waals surface area contributed by atoms with Gasteiger partial charge in [-0.2, -0.15) is 15.8 Å². The molecule has 2 atom stereocenters. The fraction of sp³-hybridized carbons (Fsp3) is 0.108. The van der Waals surface area contributed by atoms with Crippen molar-refractivity contribution in [3.05, 3.63) is 113 Å². The van der Waals surface area contributed by atoms with Crippen molar-refractivity contribution in [1.29, 1.82) is 15.8 Å². The van der Waals surface area contributed by atoms with Crippen molar-refractivity contribution >= 4 is 39.0 Å². The van der Waals surface area contributed by atoms with Crippen molar-refractivity contribution in [2.75, 3.05) is 4.90 Å². The molecule has 7 heteroatoms. The Labute approximate surface area is 251 Å². The third-order valence-electron chi connectivity index (χ3n) is 9.00. The van der Waals surface area contributed by atoms with Crippen molar-refractivity contribution in [3.8, 4) is 40.8 Å². The van der Waals surface area contributed by atoms with Crippen molar-refractivity contribution in [2.24, 2.45) is 0 Å². The van der Waals surface area contributed by atoms with Crippen LogP contribution in [0.2, 0.25) is 0 Å². The van der Waals surface area contributed by atoms with Crippen LogP contribution in [0.5, 0.6) is 11.5 Å². The van der Waals surface area contributed by atoms with E-state index in [4.69, 9.17) is 13.9 Å². The quantitative estimate of drug-likeness (QED) is 0.204. The van der Waals surface area contributed by atoms with Gasteiger partial charge in [-0.05, 0) is 48.2 Å². The highest BCUT2D eigenvalue weighted by molar-refractivity contribution is 6.08. The van der Waals surface area contributed by atoms with Gasteiger partial charge in [0.1, 0.15) is 29.4 Å². The van der Waals surface area contributed by atoms with E-state index in [2.05, 4.69) is 18.2 Å². The maximum atomic E-state index is 10.7. The van der Waals surface area contributed by atoms with Gasteiger partial charge in [-0.1, -0.05) is 54.6 Å². The maximum Gasteiger partial charge on any atom is 0.155 e. The number of hydrogen-bond donors (Lipinski definition) is 0. The second-order valence-corrected chi connectivity index (χ2v) is 11.2. The van der Waals surface area contributed by atoms with Crippen LogP contribution in [-0.2, 0) is 4.74 Å². The van der Waals surface area contributed by atoms with Gasteiger partial charge in [0.05, 0.1) is 46.0 Å². The van der Waals surface area contributed by atoms with Crippen LogP contribution in [0.1, 0.15) is 52.9 Å². The molecule has 206 valence electrons. The van der Waals surface area contributed by atoms with Crippen LogP contribution in [0.15, 0.2) is 89.3 Å². The van der Waals surface area contributed by atoms with Gasteiger partial charge in [0, 0.05) is 28.0 Å². The molecule has 4 heterocycles. The molecule has 3 aliphatic heterocycles. The van der Waals surface area contributed by atoms with E-state index < -0.39 is 0 Å². The first-order chi connectivity index (χ1) is 21.7. The lowest BCUT2D eigenvalue weighted by atomic mass is 9.81. The fourth-order valence-corrected chi connectivity index (χ4v) is 7.15. The zero-order valence-corrected chi connectivity index (χ0v) is 23.2. The molecule has 5 aromatic carbocycles. The monoisotopic (exact) mass is 568 g/mol. The molecule has 0 spiro atoms. The van der Waals surface area contributed by atoms with Gasteiger partial charge in [-0.25, -0.2) is 0 Å². The highest BCUT2D eigenvalue weighted by Gasteiger charge is 2.45. The summed E-state index contributed by atoms with van der Waals surface area (Å²) >= 11 is 0. The molecule has 7 nitrogen and oxygen atoms in total. The van der Waals surface area contributed by atoms with Gasteiger partial charge >= 0.3 is 0 Å². The normalized spacial score (nSPS) is 17.3. The summed E-state index contributed by atoms with van der Waals surface area (Å²) in [4.78, 5) is 1.91. The number of nitriles is 3. The fourth-order valence-electron chi connectivity index (χ4n) is 7.15. The number of furan rings is 1. The number of hydrogen-bond acceptors (Lipinski definition) is 7. The van der Waals surface area contributed by atoms with E-state index in [1.807, 2.05) is 89.8 Å². The van der Waals surface area contributed by atoms with E-state index in [1.165, 1.54) is 0 Å². The highest BCUT2D eigenvalue weighted by atomic mass is 16.5. The van der Waals surface area contributed by atoms with Crippen molar-refractivity contribution < 1.29 is 13.9 Å². The molecule has 1 saturated heterocycles. The number of para-hydroxylation sites is 1. The molecule has 3 aliphatic rings. The Morgan fingerprint density at radius 2 is 1.32 bits per heavy atom. The standard InChI is InChI=1S/C37H20N4O3/c38-17-24-25(18-39)37(26(19-40)36-31-13-12-30(43-31)35(24)36)41-27-11-10-21(20-6-2-1-3-7-20)14-33(27)44-34-16-32-23(15-28(34)41)22-8-4-5-9-29(22)42-32/h1-11,14-16,30-31H,12-13H2. The van der Waals surface area contributed by atoms with Crippen LogP contribution >= 0.6 is 0 Å².